The minimum Gasteiger partial charge on any atom is -0.383 e. The maximum Gasteiger partial charge on any atom is 0.125 e. The highest BCUT2D eigenvalue weighted by Crippen LogP contribution is 2.27. The molecule has 1 aromatic rings. The zero-order valence-corrected chi connectivity index (χ0v) is 9.19. The summed E-state index contributed by atoms with van der Waals surface area (Å²) in [6, 6.07) is 10.5. The summed E-state index contributed by atoms with van der Waals surface area (Å²) in [5.41, 5.74) is 7.01. The molecule has 0 radical (unpaired) electrons. The van der Waals surface area contributed by atoms with Gasteiger partial charge in [-0.1, -0.05) is 37.3 Å². The third-order valence-corrected chi connectivity index (χ3v) is 3.06. The van der Waals surface area contributed by atoms with Crippen molar-refractivity contribution in [1.29, 1.82) is 0 Å². The summed E-state index contributed by atoms with van der Waals surface area (Å²) in [7, 11) is 0. The molecule has 1 aliphatic rings. The zero-order valence-electron chi connectivity index (χ0n) is 9.19. The molecule has 0 aromatic heterocycles. The number of benzene rings is 1. The summed E-state index contributed by atoms with van der Waals surface area (Å²) in [5, 5.41) is 0. The van der Waals surface area contributed by atoms with Crippen LogP contribution in [0, 0.1) is 5.92 Å². The minimum atomic E-state index is 0.445. The molecule has 2 atom stereocenters. The van der Waals surface area contributed by atoms with Crippen LogP contribution in [0.2, 0.25) is 0 Å². The largest absolute Gasteiger partial charge is 0.383 e. The van der Waals surface area contributed by atoms with Gasteiger partial charge >= 0.3 is 0 Å². The normalized spacial score (nSPS) is 26.9. The second kappa shape index (κ2) is 4.47. The molecular weight excluding hydrogens is 184 g/mol. The number of amidine groups is 1. The molecule has 0 spiro atoms. The first-order valence-electron chi connectivity index (χ1n) is 5.64. The molecule has 0 heterocycles. The Balaban J connectivity index is 2.07. The predicted octanol–water partition coefficient (Wildman–Crippen LogP) is 2.58. The molecule has 2 nitrogen and oxygen atoms in total. The summed E-state index contributed by atoms with van der Waals surface area (Å²) >= 11 is 0. The third-order valence-electron chi connectivity index (χ3n) is 3.06. The van der Waals surface area contributed by atoms with E-state index in [-0.39, 0.29) is 0 Å². The molecule has 1 saturated carbocycles. The highest BCUT2D eigenvalue weighted by Gasteiger charge is 2.20. The Bertz CT molecular complexity index is 343. The molecule has 1 fully saturated rings. The maximum absolute atomic E-state index is 5.97. The molecule has 0 bridgehead atoms. The monoisotopic (exact) mass is 202 g/mol. The van der Waals surface area contributed by atoms with Crippen LogP contribution in [-0.4, -0.2) is 11.9 Å². The topological polar surface area (TPSA) is 38.4 Å². The fraction of sp³-hybridized carbons (Fsp3) is 0.462. The van der Waals surface area contributed by atoms with Crippen LogP contribution < -0.4 is 5.73 Å². The molecule has 2 N–H and O–H groups in total. The SMILES string of the molecule is CC1CCC(N=C(N)c2ccccc2)C1. The molecule has 0 saturated heterocycles. The summed E-state index contributed by atoms with van der Waals surface area (Å²) in [6.07, 6.45) is 3.67. The molecular formula is C13H18N2. The van der Waals surface area contributed by atoms with Crippen molar-refractivity contribution in [3.8, 4) is 0 Å². The van der Waals surface area contributed by atoms with E-state index in [4.69, 9.17) is 5.73 Å². The number of hydrogen-bond donors (Lipinski definition) is 1. The third kappa shape index (κ3) is 2.58. The van der Waals surface area contributed by atoms with Crippen molar-refractivity contribution in [3.63, 3.8) is 0 Å². The highest BCUT2D eigenvalue weighted by molar-refractivity contribution is 5.97. The molecule has 0 amide bonds. The lowest BCUT2D eigenvalue weighted by atomic mass is 10.1. The van der Waals surface area contributed by atoms with Gasteiger partial charge in [0, 0.05) is 5.56 Å². The smallest absolute Gasteiger partial charge is 0.125 e. The van der Waals surface area contributed by atoms with Crippen LogP contribution in [0.4, 0.5) is 0 Å². The fourth-order valence-corrected chi connectivity index (χ4v) is 2.17. The lowest BCUT2D eigenvalue weighted by Gasteiger charge is -2.06. The van der Waals surface area contributed by atoms with E-state index >= 15 is 0 Å². The Labute approximate surface area is 91.2 Å². The van der Waals surface area contributed by atoms with Gasteiger partial charge in [0.1, 0.15) is 5.84 Å². The molecule has 15 heavy (non-hydrogen) atoms. The van der Waals surface area contributed by atoms with Gasteiger partial charge in [-0.05, 0) is 25.2 Å². The van der Waals surface area contributed by atoms with Crippen LogP contribution in [0.5, 0.6) is 0 Å². The van der Waals surface area contributed by atoms with E-state index in [0.717, 1.165) is 11.5 Å². The molecule has 80 valence electrons. The summed E-state index contributed by atoms with van der Waals surface area (Å²) in [6.45, 7) is 2.29. The van der Waals surface area contributed by atoms with Crippen molar-refractivity contribution in [2.24, 2.45) is 16.6 Å². The summed E-state index contributed by atoms with van der Waals surface area (Å²) in [5.74, 6) is 1.50. The average Bonchev–Trinajstić information content (AvgIpc) is 2.65. The van der Waals surface area contributed by atoms with Crippen LogP contribution in [-0.2, 0) is 0 Å². The van der Waals surface area contributed by atoms with Gasteiger partial charge < -0.3 is 5.73 Å². The first-order valence-corrected chi connectivity index (χ1v) is 5.64. The number of nitrogens with two attached hydrogens (primary N) is 1. The second-order valence-electron chi connectivity index (χ2n) is 4.45. The van der Waals surface area contributed by atoms with Crippen molar-refractivity contribution in [2.75, 3.05) is 0 Å². The second-order valence-corrected chi connectivity index (χ2v) is 4.45. The number of nitrogens with zero attached hydrogens (tertiary/aromatic N) is 1. The van der Waals surface area contributed by atoms with Crippen molar-refractivity contribution < 1.29 is 0 Å². The standard InChI is InChI=1S/C13H18N2/c1-10-7-8-12(9-10)15-13(14)11-5-3-2-4-6-11/h2-6,10,12H,7-9H2,1H3,(H2,14,15). The van der Waals surface area contributed by atoms with Gasteiger partial charge in [0.15, 0.2) is 0 Å². The fourth-order valence-electron chi connectivity index (χ4n) is 2.17. The van der Waals surface area contributed by atoms with Gasteiger partial charge in [0.05, 0.1) is 6.04 Å². The Kier molecular flexibility index (Phi) is 3.05. The Hall–Kier alpha value is -1.31. The van der Waals surface area contributed by atoms with Gasteiger partial charge in [-0.25, -0.2) is 0 Å². The average molecular weight is 202 g/mol. The van der Waals surface area contributed by atoms with E-state index in [1.54, 1.807) is 0 Å². The van der Waals surface area contributed by atoms with E-state index < -0.39 is 0 Å². The van der Waals surface area contributed by atoms with Gasteiger partial charge in [0.2, 0.25) is 0 Å². The Morgan fingerprint density at radius 3 is 2.60 bits per heavy atom. The van der Waals surface area contributed by atoms with E-state index in [1.165, 1.54) is 19.3 Å². The van der Waals surface area contributed by atoms with Crippen molar-refractivity contribution >= 4 is 5.84 Å². The molecule has 0 aliphatic heterocycles. The van der Waals surface area contributed by atoms with Gasteiger partial charge in [-0.2, -0.15) is 0 Å². The van der Waals surface area contributed by atoms with E-state index in [9.17, 15) is 0 Å². The minimum absolute atomic E-state index is 0.445. The Morgan fingerprint density at radius 1 is 1.27 bits per heavy atom. The molecule has 2 unspecified atom stereocenters. The molecule has 2 heteroatoms. The highest BCUT2D eigenvalue weighted by atomic mass is 14.9. The van der Waals surface area contributed by atoms with Crippen LogP contribution in [0.1, 0.15) is 31.7 Å². The molecule has 1 aliphatic carbocycles. The summed E-state index contributed by atoms with van der Waals surface area (Å²) < 4.78 is 0. The Morgan fingerprint density at radius 2 is 2.00 bits per heavy atom. The van der Waals surface area contributed by atoms with Crippen LogP contribution in [0.25, 0.3) is 0 Å². The molecule has 2 rings (SSSR count). The zero-order chi connectivity index (χ0) is 10.7. The van der Waals surface area contributed by atoms with Crippen molar-refractivity contribution in [2.45, 2.75) is 32.2 Å². The lowest BCUT2D eigenvalue weighted by Crippen LogP contribution is -2.16. The van der Waals surface area contributed by atoms with E-state index in [0.29, 0.717) is 11.9 Å². The van der Waals surface area contributed by atoms with Gasteiger partial charge in [-0.15, -0.1) is 0 Å². The number of aliphatic imine (C=N–C) groups is 1. The first kappa shape index (κ1) is 10.2. The van der Waals surface area contributed by atoms with Crippen LogP contribution in [0.15, 0.2) is 35.3 Å². The maximum atomic E-state index is 5.97. The van der Waals surface area contributed by atoms with Crippen molar-refractivity contribution in [1.82, 2.24) is 0 Å². The van der Waals surface area contributed by atoms with E-state index in [1.807, 2.05) is 30.3 Å². The predicted molar refractivity (Wildman–Crippen MR) is 64.0 cm³/mol. The van der Waals surface area contributed by atoms with Gasteiger partial charge in [-0.3, -0.25) is 4.99 Å². The number of rotatable bonds is 2. The number of hydrogen-bond acceptors (Lipinski definition) is 1. The first-order chi connectivity index (χ1) is 7.25. The summed E-state index contributed by atoms with van der Waals surface area (Å²) in [4.78, 5) is 4.59. The molecule has 1 aromatic carbocycles. The quantitative estimate of drug-likeness (QED) is 0.581. The van der Waals surface area contributed by atoms with E-state index in [2.05, 4.69) is 11.9 Å². The van der Waals surface area contributed by atoms with Crippen molar-refractivity contribution in [3.05, 3.63) is 35.9 Å². The lowest BCUT2D eigenvalue weighted by molar-refractivity contribution is 0.594. The van der Waals surface area contributed by atoms with Gasteiger partial charge in [0.25, 0.3) is 0 Å². The van der Waals surface area contributed by atoms with Crippen LogP contribution >= 0.6 is 0 Å². The van der Waals surface area contributed by atoms with Crippen LogP contribution in [0.3, 0.4) is 0 Å².